The summed E-state index contributed by atoms with van der Waals surface area (Å²) in [5, 5.41) is 0. The third-order valence-electron chi connectivity index (χ3n) is 3.32. The minimum absolute atomic E-state index is 0.0923. The SMILES string of the molecule is CCOc1ncccc1C(=O)N1CCN(CC(N)=O)CC1. The number of hydrogen-bond donors (Lipinski definition) is 1. The topological polar surface area (TPSA) is 88.8 Å². The fourth-order valence-corrected chi connectivity index (χ4v) is 2.31. The van der Waals surface area contributed by atoms with Gasteiger partial charge in [0.1, 0.15) is 5.56 Å². The number of carbonyl (C=O) groups is 2. The molecule has 7 nitrogen and oxygen atoms in total. The summed E-state index contributed by atoms with van der Waals surface area (Å²) >= 11 is 0. The van der Waals surface area contributed by atoms with Crippen molar-refractivity contribution in [2.45, 2.75) is 6.92 Å². The first-order valence-electron chi connectivity index (χ1n) is 6.99. The second-order valence-corrected chi connectivity index (χ2v) is 4.82. The van der Waals surface area contributed by atoms with Gasteiger partial charge < -0.3 is 15.4 Å². The van der Waals surface area contributed by atoms with Crippen LogP contribution in [0.1, 0.15) is 17.3 Å². The molecule has 1 fully saturated rings. The molecule has 2 amide bonds. The Bertz CT molecular complexity index is 513. The number of rotatable bonds is 5. The molecule has 2 rings (SSSR count). The summed E-state index contributed by atoms with van der Waals surface area (Å²) in [6.07, 6.45) is 1.60. The van der Waals surface area contributed by atoms with Crippen molar-refractivity contribution in [3.05, 3.63) is 23.9 Å². The predicted octanol–water partition coefficient (Wildman–Crippen LogP) is -0.277. The van der Waals surface area contributed by atoms with Gasteiger partial charge in [0.05, 0.1) is 13.2 Å². The van der Waals surface area contributed by atoms with Gasteiger partial charge in [0.15, 0.2) is 0 Å². The number of pyridine rings is 1. The smallest absolute Gasteiger partial charge is 0.259 e. The van der Waals surface area contributed by atoms with Gasteiger partial charge in [-0.25, -0.2) is 4.98 Å². The molecule has 0 radical (unpaired) electrons. The van der Waals surface area contributed by atoms with E-state index in [4.69, 9.17) is 10.5 Å². The Balaban J connectivity index is 2.00. The van der Waals surface area contributed by atoms with E-state index in [0.717, 1.165) is 0 Å². The molecule has 0 aliphatic carbocycles. The Morgan fingerprint density at radius 1 is 1.33 bits per heavy atom. The molecule has 0 bridgehead atoms. The van der Waals surface area contributed by atoms with Gasteiger partial charge in [-0.2, -0.15) is 0 Å². The molecule has 1 aromatic rings. The van der Waals surface area contributed by atoms with E-state index >= 15 is 0 Å². The first-order valence-corrected chi connectivity index (χ1v) is 6.99. The molecule has 21 heavy (non-hydrogen) atoms. The molecular formula is C14H20N4O3. The second kappa shape index (κ2) is 7.03. The van der Waals surface area contributed by atoms with Crippen molar-refractivity contribution in [2.75, 3.05) is 39.3 Å². The third kappa shape index (κ3) is 3.91. The summed E-state index contributed by atoms with van der Waals surface area (Å²) < 4.78 is 5.39. The molecule has 2 N–H and O–H groups in total. The minimum Gasteiger partial charge on any atom is -0.477 e. The minimum atomic E-state index is -0.347. The van der Waals surface area contributed by atoms with Crippen LogP contribution < -0.4 is 10.5 Å². The maximum absolute atomic E-state index is 12.5. The zero-order valence-corrected chi connectivity index (χ0v) is 12.1. The predicted molar refractivity (Wildman–Crippen MR) is 76.9 cm³/mol. The molecule has 1 aliphatic rings. The van der Waals surface area contributed by atoms with Crippen LogP contribution in [0.3, 0.4) is 0 Å². The van der Waals surface area contributed by atoms with Gasteiger partial charge >= 0.3 is 0 Å². The Labute approximate surface area is 123 Å². The average molecular weight is 292 g/mol. The van der Waals surface area contributed by atoms with E-state index in [1.807, 2.05) is 11.8 Å². The van der Waals surface area contributed by atoms with Crippen molar-refractivity contribution in [1.82, 2.24) is 14.8 Å². The summed E-state index contributed by atoms with van der Waals surface area (Å²) in [5.41, 5.74) is 5.65. The van der Waals surface area contributed by atoms with Crippen molar-refractivity contribution in [2.24, 2.45) is 5.73 Å². The number of nitrogens with two attached hydrogens (primary N) is 1. The molecule has 2 heterocycles. The van der Waals surface area contributed by atoms with Crippen LogP contribution in [0.25, 0.3) is 0 Å². The van der Waals surface area contributed by atoms with E-state index in [1.165, 1.54) is 0 Å². The van der Waals surface area contributed by atoms with Gasteiger partial charge in [-0.1, -0.05) is 0 Å². The van der Waals surface area contributed by atoms with Gasteiger partial charge in [0.25, 0.3) is 5.91 Å². The van der Waals surface area contributed by atoms with E-state index in [0.29, 0.717) is 44.2 Å². The molecule has 114 valence electrons. The number of amides is 2. The number of carbonyl (C=O) groups excluding carboxylic acids is 2. The first-order chi connectivity index (χ1) is 10.1. The molecule has 7 heteroatoms. The van der Waals surface area contributed by atoms with E-state index < -0.39 is 0 Å². The normalized spacial score (nSPS) is 15.8. The molecule has 0 saturated carbocycles. The lowest BCUT2D eigenvalue weighted by molar-refractivity contribution is -0.119. The van der Waals surface area contributed by atoms with E-state index in [-0.39, 0.29) is 18.4 Å². The van der Waals surface area contributed by atoms with Crippen LogP contribution in [0.15, 0.2) is 18.3 Å². The van der Waals surface area contributed by atoms with Crippen LogP contribution in [-0.2, 0) is 4.79 Å². The van der Waals surface area contributed by atoms with Crippen LogP contribution >= 0.6 is 0 Å². The van der Waals surface area contributed by atoms with Crippen molar-refractivity contribution < 1.29 is 14.3 Å². The molecule has 0 spiro atoms. The standard InChI is InChI=1S/C14H20N4O3/c1-2-21-13-11(4-3-5-16-13)14(20)18-8-6-17(7-9-18)10-12(15)19/h3-5H,2,6-10H2,1H3,(H2,15,19). The van der Waals surface area contributed by atoms with Gasteiger partial charge in [0, 0.05) is 32.4 Å². The van der Waals surface area contributed by atoms with Gasteiger partial charge in [-0.3, -0.25) is 14.5 Å². The summed E-state index contributed by atoms with van der Waals surface area (Å²) in [6.45, 7) is 4.95. The van der Waals surface area contributed by atoms with Crippen molar-refractivity contribution in [3.8, 4) is 5.88 Å². The van der Waals surface area contributed by atoms with E-state index in [1.54, 1.807) is 23.2 Å². The van der Waals surface area contributed by atoms with Crippen LogP contribution in [0.5, 0.6) is 5.88 Å². The maximum atomic E-state index is 12.5. The summed E-state index contributed by atoms with van der Waals surface area (Å²) in [4.78, 5) is 31.2. The second-order valence-electron chi connectivity index (χ2n) is 4.82. The highest BCUT2D eigenvalue weighted by atomic mass is 16.5. The fraction of sp³-hybridized carbons (Fsp3) is 0.500. The molecule has 0 atom stereocenters. The lowest BCUT2D eigenvalue weighted by atomic mass is 10.2. The average Bonchev–Trinajstić information content (AvgIpc) is 2.48. The zero-order chi connectivity index (χ0) is 15.2. The fourth-order valence-electron chi connectivity index (χ4n) is 2.31. The van der Waals surface area contributed by atoms with Gasteiger partial charge in [-0.15, -0.1) is 0 Å². The first kappa shape index (κ1) is 15.2. The Morgan fingerprint density at radius 2 is 2.05 bits per heavy atom. The van der Waals surface area contributed by atoms with Gasteiger partial charge in [-0.05, 0) is 19.1 Å². The molecule has 0 aromatic carbocycles. The highest BCUT2D eigenvalue weighted by Crippen LogP contribution is 2.17. The van der Waals surface area contributed by atoms with E-state index in [9.17, 15) is 9.59 Å². The van der Waals surface area contributed by atoms with Crippen molar-refractivity contribution in [3.63, 3.8) is 0 Å². The Kier molecular flexibility index (Phi) is 5.10. The van der Waals surface area contributed by atoms with Gasteiger partial charge in [0.2, 0.25) is 11.8 Å². The number of piperazine rings is 1. The van der Waals surface area contributed by atoms with Crippen LogP contribution in [0.2, 0.25) is 0 Å². The number of primary amides is 1. The number of nitrogens with zero attached hydrogens (tertiary/aromatic N) is 3. The lowest BCUT2D eigenvalue weighted by Crippen LogP contribution is -2.50. The summed E-state index contributed by atoms with van der Waals surface area (Å²) in [5.74, 6) is -0.0736. The summed E-state index contributed by atoms with van der Waals surface area (Å²) in [7, 11) is 0. The van der Waals surface area contributed by atoms with Crippen molar-refractivity contribution in [1.29, 1.82) is 0 Å². The quantitative estimate of drug-likeness (QED) is 0.806. The van der Waals surface area contributed by atoms with Crippen LogP contribution in [0, 0.1) is 0 Å². The molecular weight excluding hydrogens is 272 g/mol. The highest BCUT2D eigenvalue weighted by molar-refractivity contribution is 5.96. The lowest BCUT2D eigenvalue weighted by Gasteiger charge is -2.34. The number of aromatic nitrogens is 1. The maximum Gasteiger partial charge on any atom is 0.259 e. The zero-order valence-electron chi connectivity index (χ0n) is 12.1. The number of hydrogen-bond acceptors (Lipinski definition) is 5. The highest BCUT2D eigenvalue weighted by Gasteiger charge is 2.25. The molecule has 1 aromatic heterocycles. The molecule has 0 unspecified atom stereocenters. The number of ether oxygens (including phenoxy) is 1. The monoisotopic (exact) mass is 292 g/mol. The third-order valence-corrected chi connectivity index (χ3v) is 3.32. The van der Waals surface area contributed by atoms with E-state index in [2.05, 4.69) is 4.98 Å². The van der Waals surface area contributed by atoms with Crippen LogP contribution in [0.4, 0.5) is 0 Å². The summed E-state index contributed by atoms with van der Waals surface area (Å²) in [6, 6.07) is 3.44. The molecule has 1 saturated heterocycles. The Morgan fingerprint density at radius 3 is 2.67 bits per heavy atom. The Hall–Kier alpha value is -2.15. The molecule has 1 aliphatic heterocycles. The van der Waals surface area contributed by atoms with Crippen molar-refractivity contribution >= 4 is 11.8 Å². The largest absolute Gasteiger partial charge is 0.477 e. The van der Waals surface area contributed by atoms with Crippen LogP contribution in [-0.4, -0.2) is 65.9 Å².